The number of hydrogen-bond acceptors (Lipinski definition) is 2. The fraction of sp³-hybridized carbons (Fsp3) is 0.571. The first-order valence-electron chi connectivity index (χ1n) is 6.14. The molecule has 0 saturated heterocycles. The van der Waals surface area contributed by atoms with E-state index in [0.717, 1.165) is 19.6 Å². The molecule has 1 aromatic carbocycles. The number of nitrogens with zero attached hydrogens (tertiary/aromatic N) is 1. The van der Waals surface area contributed by atoms with E-state index in [4.69, 9.17) is 0 Å². The van der Waals surface area contributed by atoms with E-state index in [1.807, 2.05) is 7.05 Å². The van der Waals surface area contributed by atoms with Crippen LogP contribution in [-0.4, -0.2) is 26.7 Å². The Labute approximate surface area is 99.7 Å². The van der Waals surface area contributed by atoms with Crippen molar-refractivity contribution in [1.82, 2.24) is 5.32 Å². The quantitative estimate of drug-likeness (QED) is 0.793. The molecule has 1 rings (SSSR count). The highest BCUT2D eigenvalue weighted by Gasteiger charge is 2.10. The zero-order chi connectivity index (χ0) is 12.0. The van der Waals surface area contributed by atoms with Crippen LogP contribution in [0.3, 0.4) is 0 Å². The van der Waals surface area contributed by atoms with Crippen LogP contribution in [0, 0.1) is 12.8 Å². The third kappa shape index (κ3) is 3.53. The van der Waals surface area contributed by atoms with Gasteiger partial charge in [-0.25, -0.2) is 0 Å². The van der Waals surface area contributed by atoms with E-state index >= 15 is 0 Å². The van der Waals surface area contributed by atoms with E-state index in [1.165, 1.54) is 11.3 Å². The third-order valence-corrected chi connectivity index (χ3v) is 2.92. The molecule has 16 heavy (non-hydrogen) atoms. The first-order chi connectivity index (χ1) is 7.69. The van der Waals surface area contributed by atoms with Gasteiger partial charge in [0.2, 0.25) is 0 Å². The SMILES string of the molecule is CCN(CC(C)CNC)c1ccccc1C. The Morgan fingerprint density at radius 3 is 2.56 bits per heavy atom. The molecule has 1 atom stereocenters. The largest absolute Gasteiger partial charge is 0.371 e. The molecule has 0 fully saturated rings. The van der Waals surface area contributed by atoms with Crippen molar-refractivity contribution in [3.63, 3.8) is 0 Å². The van der Waals surface area contributed by atoms with Crippen molar-refractivity contribution in [2.75, 3.05) is 31.6 Å². The number of para-hydroxylation sites is 1. The molecular formula is C14H24N2. The molecule has 0 aliphatic carbocycles. The van der Waals surface area contributed by atoms with Crippen LogP contribution in [0.5, 0.6) is 0 Å². The molecular weight excluding hydrogens is 196 g/mol. The number of nitrogens with one attached hydrogen (secondary N) is 1. The highest BCUT2D eigenvalue weighted by molar-refractivity contribution is 5.52. The number of hydrogen-bond donors (Lipinski definition) is 1. The average molecular weight is 220 g/mol. The van der Waals surface area contributed by atoms with Crippen molar-refractivity contribution >= 4 is 5.69 Å². The van der Waals surface area contributed by atoms with Crippen LogP contribution in [0.25, 0.3) is 0 Å². The normalized spacial score (nSPS) is 12.5. The molecule has 0 saturated carbocycles. The molecule has 0 bridgehead atoms. The Hall–Kier alpha value is -1.02. The monoisotopic (exact) mass is 220 g/mol. The molecule has 0 radical (unpaired) electrons. The second-order valence-corrected chi connectivity index (χ2v) is 4.49. The van der Waals surface area contributed by atoms with Gasteiger partial charge in [-0.1, -0.05) is 25.1 Å². The van der Waals surface area contributed by atoms with E-state index in [0.29, 0.717) is 5.92 Å². The van der Waals surface area contributed by atoms with Crippen LogP contribution in [0.1, 0.15) is 19.4 Å². The maximum absolute atomic E-state index is 3.24. The molecule has 1 unspecified atom stereocenters. The van der Waals surface area contributed by atoms with Crippen LogP contribution in [-0.2, 0) is 0 Å². The van der Waals surface area contributed by atoms with E-state index in [1.54, 1.807) is 0 Å². The number of aryl methyl sites for hydroxylation is 1. The fourth-order valence-electron chi connectivity index (χ4n) is 2.11. The van der Waals surface area contributed by atoms with Gasteiger partial charge in [-0.05, 0) is 45.0 Å². The van der Waals surface area contributed by atoms with Crippen LogP contribution in [0.15, 0.2) is 24.3 Å². The maximum atomic E-state index is 3.24. The lowest BCUT2D eigenvalue weighted by Crippen LogP contribution is -2.32. The minimum atomic E-state index is 0.671. The summed E-state index contributed by atoms with van der Waals surface area (Å²) < 4.78 is 0. The van der Waals surface area contributed by atoms with Crippen LogP contribution < -0.4 is 10.2 Å². The van der Waals surface area contributed by atoms with Crippen LogP contribution >= 0.6 is 0 Å². The smallest absolute Gasteiger partial charge is 0.0395 e. The van der Waals surface area contributed by atoms with Gasteiger partial charge in [0.15, 0.2) is 0 Å². The zero-order valence-corrected chi connectivity index (χ0v) is 11.0. The maximum Gasteiger partial charge on any atom is 0.0395 e. The summed E-state index contributed by atoms with van der Waals surface area (Å²) in [5.41, 5.74) is 2.73. The van der Waals surface area contributed by atoms with E-state index in [2.05, 4.69) is 55.3 Å². The predicted molar refractivity (Wildman–Crippen MR) is 72.2 cm³/mol. The molecule has 2 heteroatoms. The van der Waals surface area contributed by atoms with Gasteiger partial charge < -0.3 is 10.2 Å². The van der Waals surface area contributed by atoms with Crippen molar-refractivity contribution in [2.24, 2.45) is 5.92 Å². The van der Waals surface area contributed by atoms with Gasteiger partial charge in [0.05, 0.1) is 0 Å². The lowest BCUT2D eigenvalue weighted by molar-refractivity contribution is 0.532. The molecule has 0 aliphatic heterocycles. The van der Waals surface area contributed by atoms with Crippen LogP contribution in [0.2, 0.25) is 0 Å². The minimum Gasteiger partial charge on any atom is -0.371 e. The van der Waals surface area contributed by atoms with Crippen molar-refractivity contribution in [2.45, 2.75) is 20.8 Å². The van der Waals surface area contributed by atoms with Gasteiger partial charge in [-0.15, -0.1) is 0 Å². The van der Waals surface area contributed by atoms with Crippen molar-refractivity contribution in [3.05, 3.63) is 29.8 Å². The fourth-order valence-corrected chi connectivity index (χ4v) is 2.11. The van der Waals surface area contributed by atoms with Crippen molar-refractivity contribution in [1.29, 1.82) is 0 Å². The average Bonchev–Trinajstić information content (AvgIpc) is 2.27. The second-order valence-electron chi connectivity index (χ2n) is 4.49. The molecule has 1 aromatic rings. The molecule has 0 spiro atoms. The van der Waals surface area contributed by atoms with Gasteiger partial charge >= 0.3 is 0 Å². The highest BCUT2D eigenvalue weighted by Crippen LogP contribution is 2.19. The topological polar surface area (TPSA) is 15.3 Å². The standard InChI is InChI=1S/C14H24N2/c1-5-16(11-12(2)10-15-4)14-9-7-6-8-13(14)3/h6-9,12,15H,5,10-11H2,1-4H3. The Balaban J connectivity index is 2.71. The zero-order valence-electron chi connectivity index (χ0n) is 11.0. The number of rotatable bonds is 6. The first kappa shape index (κ1) is 13.0. The summed E-state index contributed by atoms with van der Waals surface area (Å²) in [6.45, 7) is 9.94. The van der Waals surface area contributed by atoms with E-state index in [9.17, 15) is 0 Å². The van der Waals surface area contributed by atoms with Crippen molar-refractivity contribution in [3.8, 4) is 0 Å². The van der Waals surface area contributed by atoms with Gasteiger partial charge in [0.1, 0.15) is 0 Å². The van der Waals surface area contributed by atoms with Gasteiger partial charge in [0.25, 0.3) is 0 Å². The first-order valence-corrected chi connectivity index (χ1v) is 6.14. The minimum absolute atomic E-state index is 0.671. The lowest BCUT2D eigenvalue weighted by Gasteiger charge is -2.28. The third-order valence-electron chi connectivity index (χ3n) is 2.92. The summed E-state index contributed by atoms with van der Waals surface area (Å²) in [7, 11) is 2.01. The Morgan fingerprint density at radius 1 is 1.31 bits per heavy atom. The van der Waals surface area contributed by atoms with E-state index in [-0.39, 0.29) is 0 Å². The predicted octanol–water partition coefficient (Wildman–Crippen LogP) is 2.68. The molecule has 0 aromatic heterocycles. The Kier molecular flexibility index (Phi) is 5.33. The van der Waals surface area contributed by atoms with Crippen LogP contribution in [0.4, 0.5) is 5.69 Å². The van der Waals surface area contributed by atoms with Gasteiger partial charge in [-0.3, -0.25) is 0 Å². The van der Waals surface area contributed by atoms with Gasteiger partial charge in [0, 0.05) is 18.8 Å². The lowest BCUT2D eigenvalue weighted by atomic mass is 10.1. The van der Waals surface area contributed by atoms with Crippen molar-refractivity contribution < 1.29 is 0 Å². The Morgan fingerprint density at radius 2 is 2.00 bits per heavy atom. The Bertz CT molecular complexity index is 309. The van der Waals surface area contributed by atoms with E-state index < -0.39 is 0 Å². The van der Waals surface area contributed by atoms with Gasteiger partial charge in [-0.2, -0.15) is 0 Å². The molecule has 1 N–H and O–H groups in total. The summed E-state index contributed by atoms with van der Waals surface area (Å²) in [6.07, 6.45) is 0. The summed E-state index contributed by atoms with van der Waals surface area (Å²) >= 11 is 0. The summed E-state index contributed by atoms with van der Waals surface area (Å²) in [5, 5.41) is 3.24. The highest BCUT2D eigenvalue weighted by atomic mass is 15.1. The summed E-state index contributed by atoms with van der Waals surface area (Å²) in [6, 6.07) is 8.61. The summed E-state index contributed by atoms with van der Waals surface area (Å²) in [5.74, 6) is 0.671. The number of anilines is 1. The summed E-state index contributed by atoms with van der Waals surface area (Å²) in [4.78, 5) is 2.46. The molecule has 90 valence electrons. The molecule has 0 amide bonds. The molecule has 0 heterocycles. The molecule has 2 nitrogen and oxygen atoms in total. The number of benzene rings is 1. The molecule has 0 aliphatic rings. The second kappa shape index (κ2) is 6.54.